The summed E-state index contributed by atoms with van der Waals surface area (Å²) in [6.45, 7) is 3.79. The first kappa shape index (κ1) is 32.9. The first-order valence-corrected chi connectivity index (χ1v) is 15.0. The molecule has 3 aliphatic rings. The molecule has 2 atom stereocenters. The van der Waals surface area contributed by atoms with Crippen molar-refractivity contribution in [2.24, 2.45) is 0 Å². The van der Waals surface area contributed by atoms with E-state index < -0.39 is 18.0 Å². The zero-order chi connectivity index (χ0) is 33.0. The highest BCUT2D eigenvalue weighted by atomic mass is 19.4. The zero-order valence-corrected chi connectivity index (χ0v) is 25.1. The first-order valence-electron chi connectivity index (χ1n) is 15.0. The number of aryl methyl sites for hydroxylation is 1. The number of aromatic hydroxyl groups is 1. The largest absolute Gasteiger partial charge is 0.507 e. The standard InChI is InChI=1S/C30H33FN6O2.C2HF3O2/c1-36-14-3-4-22(36)18-39-30-34-28-23(29(35-30)37-15-13-33-21(17-37)11-12-32)10-9-19-7-8-20(16-24(19)28)27-25(31)5-2-6-26(27)38;3-2(4,5)1(6)7/h2,5-8,16,21-22,33,38H,3-4,9-11,13-15,17-18H2,1H3;(H,6,7)/t21-,22-;/m0./s1. The molecular weight excluding hydrogens is 608 g/mol. The molecule has 0 bridgehead atoms. The lowest BCUT2D eigenvalue weighted by Crippen LogP contribution is -2.51. The number of anilines is 1. The van der Waals surface area contributed by atoms with Crippen molar-refractivity contribution in [3.8, 4) is 40.2 Å². The molecule has 46 heavy (non-hydrogen) atoms. The summed E-state index contributed by atoms with van der Waals surface area (Å²) in [5.74, 6) is -2.47. The molecule has 2 aliphatic heterocycles. The number of hydrogen-bond donors (Lipinski definition) is 3. The average Bonchev–Trinajstić information content (AvgIpc) is 3.44. The zero-order valence-electron chi connectivity index (χ0n) is 25.1. The van der Waals surface area contributed by atoms with Crippen LogP contribution in [0.25, 0.3) is 22.4 Å². The van der Waals surface area contributed by atoms with E-state index in [1.165, 1.54) is 18.2 Å². The molecule has 1 aromatic heterocycles. The number of nitrogens with zero attached hydrogens (tertiary/aromatic N) is 5. The van der Waals surface area contributed by atoms with Gasteiger partial charge in [0.15, 0.2) is 0 Å². The van der Waals surface area contributed by atoms with Gasteiger partial charge in [-0.2, -0.15) is 28.4 Å². The minimum atomic E-state index is -5.08. The van der Waals surface area contributed by atoms with Gasteiger partial charge < -0.3 is 30.1 Å². The van der Waals surface area contributed by atoms with Crippen LogP contribution in [0.3, 0.4) is 0 Å². The lowest BCUT2D eigenvalue weighted by atomic mass is 9.86. The van der Waals surface area contributed by atoms with Crippen LogP contribution in [0.2, 0.25) is 0 Å². The minimum Gasteiger partial charge on any atom is -0.507 e. The van der Waals surface area contributed by atoms with Crippen LogP contribution in [-0.4, -0.2) is 89.1 Å². The number of piperazine rings is 1. The summed E-state index contributed by atoms with van der Waals surface area (Å²) in [4.78, 5) is 23.3. The number of aromatic nitrogens is 2. The van der Waals surface area contributed by atoms with Crippen molar-refractivity contribution in [2.45, 2.75) is 50.4 Å². The molecule has 0 spiro atoms. The molecule has 2 fully saturated rings. The van der Waals surface area contributed by atoms with Crippen molar-refractivity contribution >= 4 is 11.8 Å². The number of hydrogen-bond acceptors (Lipinski definition) is 9. The highest BCUT2D eigenvalue weighted by Crippen LogP contribution is 2.41. The summed E-state index contributed by atoms with van der Waals surface area (Å²) in [5, 5.41) is 30.3. The average molecular weight is 643 g/mol. The predicted octanol–water partition coefficient (Wildman–Crippen LogP) is 4.55. The third-order valence-electron chi connectivity index (χ3n) is 8.47. The van der Waals surface area contributed by atoms with Crippen molar-refractivity contribution in [1.82, 2.24) is 20.2 Å². The SMILES string of the molecule is CN1CCC[C@H]1COc1nc2c(c(N3CCN[C@@H](CC#N)C3)n1)CCc1ccc(-c3c(O)cccc3F)cc1-2.O=C(O)C(F)(F)F. The monoisotopic (exact) mass is 642 g/mol. The normalized spacial score (nSPS) is 19.3. The molecule has 10 nitrogen and oxygen atoms in total. The molecule has 244 valence electrons. The van der Waals surface area contributed by atoms with Crippen LogP contribution < -0.4 is 15.0 Å². The number of aliphatic carboxylic acids is 1. The van der Waals surface area contributed by atoms with Crippen molar-refractivity contribution in [3.05, 3.63) is 53.3 Å². The van der Waals surface area contributed by atoms with Gasteiger partial charge in [-0.25, -0.2) is 9.18 Å². The second kappa shape index (κ2) is 13.9. The van der Waals surface area contributed by atoms with Crippen LogP contribution >= 0.6 is 0 Å². The van der Waals surface area contributed by atoms with Gasteiger partial charge in [-0.1, -0.05) is 18.2 Å². The third kappa shape index (κ3) is 7.32. The van der Waals surface area contributed by atoms with Gasteiger partial charge in [0.1, 0.15) is 24.0 Å². The number of benzene rings is 2. The van der Waals surface area contributed by atoms with E-state index >= 15 is 0 Å². The van der Waals surface area contributed by atoms with Gasteiger partial charge >= 0.3 is 18.2 Å². The highest BCUT2D eigenvalue weighted by Gasteiger charge is 2.38. The van der Waals surface area contributed by atoms with Crippen LogP contribution in [0.15, 0.2) is 36.4 Å². The summed E-state index contributed by atoms with van der Waals surface area (Å²) in [6, 6.07) is 13.2. The van der Waals surface area contributed by atoms with E-state index in [0.717, 1.165) is 73.5 Å². The Bertz CT molecular complexity index is 1610. The number of rotatable bonds is 6. The fourth-order valence-electron chi connectivity index (χ4n) is 6.09. The minimum absolute atomic E-state index is 0.0670. The molecule has 3 aromatic rings. The van der Waals surface area contributed by atoms with Crippen molar-refractivity contribution in [2.75, 3.05) is 44.7 Å². The number of likely N-dealkylation sites (N-methyl/N-ethyl adjacent to an activating group) is 1. The van der Waals surface area contributed by atoms with E-state index in [9.17, 15) is 27.9 Å². The molecule has 14 heteroatoms. The number of carbonyl (C=O) groups is 1. The molecule has 2 saturated heterocycles. The van der Waals surface area contributed by atoms with Crippen molar-refractivity contribution in [1.29, 1.82) is 5.26 Å². The Morgan fingerprint density at radius 3 is 2.65 bits per heavy atom. The number of carboxylic acid groups (broad SMARTS) is 1. The molecule has 0 radical (unpaired) electrons. The molecule has 6 rings (SSSR count). The molecule has 0 amide bonds. The summed E-state index contributed by atoms with van der Waals surface area (Å²) in [7, 11) is 2.12. The fraction of sp³-hybridized carbons (Fsp3) is 0.438. The number of nitrogens with one attached hydrogen (secondary N) is 1. The molecule has 2 aromatic carbocycles. The van der Waals surface area contributed by atoms with E-state index in [4.69, 9.17) is 24.6 Å². The predicted molar refractivity (Wildman–Crippen MR) is 161 cm³/mol. The molecule has 1 aliphatic carbocycles. The summed E-state index contributed by atoms with van der Waals surface area (Å²) >= 11 is 0. The van der Waals surface area contributed by atoms with Gasteiger partial charge in [0, 0.05) is 42.8 Å². The summed E-state index contributed by atoms with van der Waals surface area (Å²) < 4.78 is 52.7. The molecule has 3 N–H and O–H groups in total. The third-order valence-corrected chi connectivity index (χ3v) is 8.47. The van der Waals surface area contributed by atoms with Gasteiger partial charge in [-0.15, -0.1) is 0 Å². The molecule has 0 saturated carbocycles. The second-order valence-corrected chi connectivity index (χ2v) is 11.5. The number of nitriles is 1. The van der Waals surface area contributed by atoms with E-state index in [1.54, 1.807) is 0 Å². The lowest BCUT2D eigenvalue weighted by Gasteiger charge is -2.36. The van der Waals surface area contributed by atoms with Crippen LogP contribution in [0.1, 0.15) is 30.4 Å². The van der Waals surface area contributed by atoms with Gasteiger partial charge in [0.2, 0.25) is 0 Å². The number of carboxylic acids is 1. The topological polar surface area (TPSA) is 135 Å². The van der Waals surface area contributed by atoms with Crippen LogP contribution in [0, 0.1) is 17.1 Å². The maximum Gasteiger partial charge on any atom is 0.490 e. The lowest BCUT2D eigenvalue weighted by molar-refractivity contribution is -0.192. The van der Waals surface area contributed by atoms with Gasteiger partial charge in [-0.05, 0) is 68.6 Å². The maximum absolute atomic E-state index is 14.8. The van der Waals surface area contributed by atoms with E-state index in [-0.39, 0.29) is 17.4 Å². The quantitative estimate of drug-likeness (QED) is 0.329. The Labute approximate surface area is 263 Å². The second-order valence-electron chi connectivity index (χ2n) is 11.5. The maximum atomic E-state index is 14.8. The number of alkyl halides is 3. The Balaban J connectivity index is 0.000000537. The van der Waals surface area contributed by atoms with E-state index in [0.29, 0.717) is 37.2 Å². The number of likely N-dealkylation sites (tertiary alicyclic amines) is 1. The summed E-state index contributed by atoms with van der Waals surface area (Å²) in [5.41, 5.74) is 4.65. The Morgan fingerprint density at radius 1 is 1.20 bits per heavy atom. The number of phenols is 1. The Hall–Kier alpha value is -4.48. The van der Waals surface area contributed by atoms with E-state index in [2.05, 4.69) is 28.2 Å². The first-order chi connectivity index (χ1) is 22.0. The summed E-state index contributed by atoms with van der Waals surface area (Å²) in [6.07, 6.45) is -0.829. The van der Waals surface area contributed by atoms with E-state index in [1.807, 2.05) is 18.2 Å². The number of fused-ring (bicyclic) bond motifs is 3. The molecular formula is C32H34F4N6O4. The highest BCUT2D eigenvalue weighted by molar-refractivity contribution is 5.81. The van der Waals surface area contributed by atoms with Gasteiger partial charge in [-0.3, -0.25) is 0 Å². The molecule has 0 unspecified atom stereocenters. The number of phenolic OH excluding ortho intramolecular Hbond substituents is 1. The van der Waals surface area contributed by atoms with Crippen molar-refractivity contribution in [3.63, 3.8) is 0 Å². The Kier molecular flexibility index (Phi) is 9.93. The number of ether oxygens (including phenoxy) is 1. The van der Waals surface area contributed by atoms with Crippen LogP contribution in [-0.2, 0) is 17.6 Å². The van der Waals surface area contributed by atoms with Crippen molar-refractivity contribution < 1.29 is 37.3 Å². The molecule has 3 heterocycles. The van der Waals surface area contributed by atoms with Gasteiger partial charge in [0.25, 0.3) is 0 Å². The van der Waals surface area contributed by atoms with Gasteiger partial charge in [0.05, 0.1) is 23.7 Å². The fourth-order valence-corrected chi connectivity index (χ4v) is 6.09. The number of halogens is 4. The van der Waals surface area contributed by atoms with Crippen LogP contribution in [0.5, 0.6) is 11.8 Å². The Morgan fingerprint density at radius 2 is 1.98 bits per heavy atom. The van der Waals surface area contributed by atoms with Crippen LogP contribution in [0.4, 0.5) is 23.4 Å². The smallest absolute Gasteiger partial charge is 0.490 e.